The van der Waals surface area contributed by atoms with Gasteiger partial charge in [-0.1, -0.05) is 11.6 Å². The number of amides is 1. The summed E-state index contributed by atoms with van der Waals surface area (Å²) < 4.78 is 37.7. The monoisotopic (exact) mass is 386 g/mol. The number of nitrogens with one attached hydrogen (secondary N) is 2. The highest BCUT2D eigenvalue weighted by molar-refractivity contribution is 7.89. The maximum atomic E-state index is 12.5. The second kappa shape index (κ2) is 9.00. The molecule has 9 heteroatoms. The fourth-order valence-corrected chi connectivity index (χ4v) is 3.44. The Morgan fingerprint density at radius 1 is 1.28 bits per heavy atom. The predicted molar refractivity (Wildman–Crippen MR) is 92.7 cm³/mol. The first-order chi connectivity index (χ1) is 11.9. The first-order valence-electron chi connectivity index (χ1n) is 7.49. The number of sulfonamides is 1. The van der Waals surface area contributed by atoms with Crippen LogP contribution in [0, 0.1) is 0 Å². The summed E-state index contributed by atoms with van der Waals surface area (Å²) in [6.45, 7) is 0.706. The Balaban J connectivity index is 2.13. The van der Waals surface area contributed by atoms with Crippen molar-refractivity contribution in [3.05, 3.63) is 53.4 Å². The standard InChI is InChI=1S/C16H19ClN2O5S/c1-23-10-8-18-16(20)11-14(15-3-2-9-24-15)19-25(21,22)13-6-4-12(17)5-7-13/h2-7,9,14,19H,8,10-11H2,1H3,(H,18,20). The van der Waals surface area contributed by atoms with E-state index in [0.717, 1.165) is 0 Å². The smallest absolute Gasteiger partial charge is 0.241 e. The van der Waals surface area contributed by atoms with Gasteiger partial charge in [0, 0.05) is 18.7 Å². The van der Waals surface area contributed by atoms with Crippen molar-refractivity contribution in [3.63, 3.8) is 0 Å². The number of benzene rings is 1. The van der Waals surface area contributed by atoms with Crippen LogP contribution in [0.5, 0.6) is 0 Å². The van der Waals surface area contributed by atoms with Crippen LogP contribution in [0.3, 0.4) is 0 Å². The third-order valence-corrected chi connectivity index (χ3v) is 5.07. The van der Waals surface area contributed by atoms with Gasteiger partial charge >= 0.3 is 0 Å². The summed E-state index contributed by atoms with van der Waals surface area (Å²) in [4.78, 5) is 12.1. The van der Waals surface area contributed by atoms with Crippen LogP contribution in [-0.2, 0) is 19.6 Å². The number of hydrogen-bond donors (Lipinski definition) is 2. The lowest BCUT2D eigenvalue weighted by atomic mass is 10.1. The van der Waals surface area contributed by atoms with Crippen LogP contribution in [0.1, 0.15) is 18.2 Å². The average Bonchev–Trinajstić information content (AvgIpc) is 3.09. The molecule has 1 atom stereocenters. The lowest BCUT2D eigenvalue weighted by Gasteiger charge is -2.17. The van der Waals surface area contributed by atoms with E-state index in [1.807, 2.05) is 0 Å². The van der Waals surface area contributed by atoms with Crippen LogP contribution in [-0.4, -0.2) is 34.6 Å². The zero-order valence-electron chi connectivity index (χ0n) is 13.6. The van der Waals surface area contributed by atoms with Crippen molar-refractivity contribution < 1.29 is 22.4 Å². The Labute approximate surface area is 151 Å². The third kappa shape index (κ3) is 5.86. The Bertz CT molecular complexity index is 775. The van der Waals surface area contributed by atoms with Crippen LogP contribution in [0.15, 0.2) is 52.0 Å². The Kier molecular flexibility index (Phi) is 7.01. The summed E-state index contributed by atoms with van der Waals surface area (Å²) in [7, 11) is -2.32. The van der Waals surface area contributed by atoms with E-state index in [1.165, 1.54) is 37.6 Å². The topological polar surface area (TPSA) is 97.6 Å². The van der Waals surface area contributed by atoms with E-state index in [9.17, 15) is 13.2 Å². The molecule has 1 amide bonds. The van der Waals surface area contributed by atoms with Gasteiger partial charge in [0.1, 0.15) is 5.76 Å². The van der Waals surface area contributed by atoms with Gasteiger partial charge < -0.3 is 14.5 Å². The number of ether oxygens (including phenoxy) is 1. The maximum Gasteiger partial charge on any atom is 0.241 e. The Hall–Kier alpha value is -1.87. The molecule has 1 aromatic heterocycles. The number of furan rings is 1. The second-order valence-corrected chi connectivity index (χ2v) is 7.34. The SMILES string of the molecule is COCCNC(=O)CC(NS(=O)(=O)c1ccc(Cl)cc1)c1ccco1. The van der Waals surface area contributed by atoms with E-state index in [2.05, 4.69) is 10.0 Å². The molecule has 2 rings (SSSR count). The molecule has 2 aromatic rings. The zero-order chi connectivity index (χ0) is 18.3. The van der Waals surface area contributed by atoms with Crippen LogP contribution < -0.4 is 10.0 Å². The van der Waals surface area contributed by atoms with E-state index in [1.54, 1.807) is 12.1 Å². The Morgan fingerprint density at radius 2 is 2.00 bits per heavy atom. The highest BCUT2D eigenvalue weighted by atomic mass is 35.5. The van der Waals surface area contributed by atoms with Gasteiger partial charge in [-0.25, -0.2) is 8.42 Å². The fraction of sp³-hybridized carbons (Fsp3) is 0.312. The van der Waals surface area contributed by atoms with Crippen molar-refractivity contribution in [1.29, 1.82) is 0 Å². The molecule has 0 fully saturated rings. The number of hydrogen-bond acceptors (Lipinski definition) is 5. The minimum atomic E-state index is -3.85. The molecule has 0 aliphatic carbocycles. The number of halogens is 1. The molecule has 136 valence electrons. The summed E-state index contributed by atoms with van der Waals surface area (Å²) in [5.74, 6) is 0.0247. The van der Waals surface area contributed by atoms with Crippen molar-refractivity contribution in [2.75, 3.05) is 20.3 Å². The number of methoxy groups -OCH3 is 1. The summed E-state index contributed by atoms with van der Waals surface area (Å²) in [5.41, 5.74) is 0. The van der Waals surface area contributed by atoms with Crippen LogP contribution in [0.25, 0.3) is 0 Å². The van der Waals surface area contributed by atoms with Crippen molar-refractivity contribution in [1.82, 2.24) is 10.0 Å². The third-order valence-electron chi connectivity index (χ3n) is 3.33. The van der Waals surface area contributed by atoms with Crippen molar-refractivity contribution in [2.45, 2.75) is 17.4 Å². The summed E-state index contributed by atoms with van der Waals surface area (Å²) in [5, 5.41) is 3.08. The largest absolute Gasteiger partial charge is 0.468 e. The van der Waals surface area contributed by atoms with Gasteiger partial charge in [0.05, 0.1) is 30.2 Å². The molecule has 0 saturated heterocycles. The van der Waals surface area contributed by atoms with Gasteiger partial charge in [-0.05, 0) is 36.4 Å². The molecule has 0 bridgehead atoms. The molecule has 0 saturated carbocycles. The number of carbonyl (C=O) groups excluding carboxylic acids is 1. The summed E-state index contributed by atoms with van der Waals surface area (Å²) >= 11 is 5.78. The van der Waals surface area contributed by atoms with Crippen LogP contribution in [0.2, 0.25) is 5.02 Å². The Morgan fingerprint density at radius 3 is 2.60 bits per heavy atom. The molecule has 0 aliphatic rings. The normalized spacial score (nSPS) is 12.7. The van der Waals surface area contributed by atoms with Gasteiger partial charge in [-0.15, -0.1) is 0 Å². The first kappa shape index (κ1) is 19.5. The van der Waals surface area contributed by atoms with Gasteiger partial charge in [0.2, 0.25) is 15.9 Å². The van der Waals surface area contributed by atoms with Crippen molar-refractivity contribution in [3.8, 4) is 0 Å². The van der Waals surface area contributed by atoms with E-state index in [4.69, 9.17) is 20.8 Å². The van der Waals surface area contributed by atoms with Gasteiger partial charge in [-0.2, -0.15) is 4.72 Å². The second-order valence-electron chi connectivity index (χ2n) is 5.19. The molecular weight excluding hydrogens is 368 g/mol. The minimum absolute atomic E-state index is 0.0493. The molecule has 1 heterocycles. The molecule has 0 aliphatic heterocycles. The fourth-order valence-electron chi connectivity index (χ4n) is 2.11. The van der Waals surface area contributed by atoms with Gasteiger partial charge in [0.25, 0.3) is 0 Å². The van der Waals surface area contributed by atoms with Crippen molar-refractivity contribution in [2.24, 2.45) is 0 Å². The molecule has 25 heavy (non-hydrogen) atoms. The van der Waals surface area contributed by atoms with E-state index in [-0.39, 0.29) is 17.2 Å². The molecule has 1 aromatic carbocycles. The van der Waals surface area contributed by atoms with Gasteiger partial charge in [0.15, 0.2) is 0 Å². The van der Waals surface area contributed by atoms with Gasteiger partial charge in [-0.3, -0.25) is 4.79 Å². The number of carbonyl (C=O) groups is 1. The van der Waals surface area contributed by atoms with Crippen molar-refractivity contribution >= 4 is 27.5 Å². The lowest BCUT2D eigenvalue weighted by molar-refractivity contribution is -0.121. The molecule has 2 N–H and O–H groups in total. The quantitative estimate of drug-likeness (QED) is 0.643. The predicted octanol–water partition coefficient (Wildman–Crippen LogP) is 2.11. The molecule has 1 unspecified atom stereocenters. The van der Waals surface area contributed by atoms with E-state index in [0.29, 0.717) is 23.9 Å². The highest BCUT2D eigenvalue weighted by Crippen LogP contribution is 2.22. The highest BCUT2D eigenvalue weighted by Gasteiger charge is 2.25. The van der Waals surface area contributed by atoms with Crippen LogP contribution >= 0.6 is 11.6 Å². The van der Waals surface area contributed by atoms with Crippen LogP contribution in [0.4, 0.5) is 0 Å². The molecule has 0 radical (unpaired) electrons. The van der Waals surface area contributed by atoms with E-state index < -0.39 is 16.1 Å². The first-order valence-corrected chi connectivity index (χ1v) is 9.35. The summed E-state index contributed by atoms with van der Waals surface area (Å²) in [6.07, 6.45) is 1.31. The molecular formula is C16H19ClN2O5S. The zero-order valence-corrected chi connectivity index (χ0v) is 15.1. The lowest BCUT2D eigenvalue weighted by Crippen LogP contribution is -2.34. The summed E-state index contributed by atoms with van der Waals surface area (Å²) in [6, 6.07) is 8.15. The minimum Gasteiger partial charge on any atom is -0.468 e. The number of rotatable bonds is 9. The molecule has 0 spiro atoms. The maximum absolute atomic E-state index is 12.5. The average molecular weight is 387 g/mol. The van der Waals surface area contributed by atoms with E-state index >= 15 is 0 Å². The molecule has 7 nitrogen and oxygen atoms in total.